The maximum absolute atomic E-state index is 13.0. The number of carbonyl (C=O) groups excluding carboxylic acids is 2. The van der Waals surface area contributed by atoms with E-state index < -0.39 is 41.9 Å². The zero-order chi connectivity index (χ0) is 22.8. The molecule has 3 rings (SSSR count). The van der Waals surface area contributed by atoms with Crippen LogP contribution in [0.25, 0.3) is 0 Å². The van der Waals surface area contributed by atoms with Gasteiger partial charge in [0.15, 0.2) is 17.0 Å². The quantitative estimate of drug-likeness (QED) is 0.280. The average Bonchev–Trinajstić information content (AvgIpc) is 3.55. The molecule has 1 aliphatic rings. The Labute approximate surface area is 178 Å². The van der Waals surface area contributed by atoms with Gasteiger partial charge in [-0.25, -0.2) is 14.8 Å². The number of nitrogens with zero attached hydrogens (tertiary/aromatic N) is 3. The summed E-state index contributed by atoms with van der Waals surface area (Å²) in [6, 6.07) is 1.75. The lowest BCUT2D eigenvalue weighted by molar-refractivity contribution is -0.274. The zero-order valence-electron chi connectivity index (χ0n) is 16.0. The highest BCUT2D eigenvalue weighted by Gasteiger charge is 2.45. The first-order valence-electron chi connectivity index (χ1n) is 8.92. The normalized spacial score (nSPS) is 14.6. The van der Waals surface area contributed by atoms with E-state index in [0.29, 0.717) is 18.0 Å². The van der Waals surface area contributed by atoms with E-state index in [2.05, 4.69) is 14.7 Å². The van der Waals surface area contributed by atoms with E-state index in [1.807, 2.05) is 0 Å². The van der Waals surface area contributed by atoms with Crippen molar-refractivity contribution in [3.8, 4) is 5.75 Å². The first-order chi connectivity index (χ1) is 14.6. The smallest absolute Gasteiger partial charge is 0.479 e. The van der Waals surface area contributed by atoms with Crippen molar-refractivity contribution >= 4 is 29.4 Å². The minimum Gasteiger partial charge on any atom is -0.479 e. The summed E-state index contributed by atoms with van der Waals surface area (Å²) in [6.07, 6.45) is 0.224. The van der Waals surface area contributed by atoms with Crippen LogP contribution in [0.4, 0.5) is 13.2 Å². The summed E-state index contributed by atoms with van der Waals surface area (Å²) in [7, 11) is 0. The molecule has 164 valence electrons. The number of ether oxygens (including phenoxy) is 1. The number of amides is 1. The van der Waals surface area contributed by atoms with E-state index in [-0.39, 0.29) is 11.1 Å². The molecule has 1 N–H and O–H groups in total. The highest BCUT2D eigenvalue weighted by atomic mass is 32.2. The number of carboxylic acids is 1. The standard InChI is InChI=1S/C19H16F3N3O5S/c1-31-18-23-8-11(9-24-18)15(26)14(17(28)29)25(12-4-5-12)16(27)10-2-6-13(7-3-10)30-19(20,21)22/h2-3,6-9,12,14H,4-5H2,1H3,(H,28,29). The Morgan fingerprint density at radius 2 is 1.71 bits per heavy atom. The Morgan fingerprint density at radius 1 is 1.13 bits per heavy atom. The van der Waals surface area contributed by atoms with Crippen molar-refractivity contribution < 1.29 is 37.4 Å². The van der Waals surface area contributed by atoms with Crippen LogP contribution >= 0.6 is 11.8 Å². The third-order valence-corrected chi connectivity index (χ3v) is 4.94. The fraction of sp³-hybridized carbons (Fsp3) is 0.316. The van der Waals surface area contributed by atoms with Crippen LogP contribution in [-0.4, -0.2) is 62.3 Å². The number of aliphatic carboxylic acids is 1. The summed E-state index contributed by atoms with van der Waals surface area (Å²) in [5.41, 5.74) is -0.146. The van der Waals surface area contributed by atoms with Gasteiger partial charge in [0.1, 0.15) is 5.75 Å². The van der Waals surface area contributed by atoms with Gasteiger partial charge >= 0.3 is 12.3 Å². The number of hydrogen-bond donors (Lipinski definition) is 1. The highest BCUT2D eigenvalue weighted by molar-refractivity contribution is 7.98. The molecule has 1 aromatic carbocycles. The number of halogens is 3. The maximum Gasteiger partial charge on any atom is 0.573 e. The van der Waals surface area contributed by atoms with Gasteiger partial charge < -0.3 is 14.7 Å². The monoisotopic (exact) mass is 455 g/mol. The Hall–Kier alpha value is -3.15. The van der Waals surface area contributed by atoms with Crippen molar-refractivity contribution in [2.45, 2.75) is 36.4 Å². The molecule has 1 fully saturated rings. The highest BCUT2D eigenvalue weighted by Crippen LogP contribution is 2.32. The van der Waals surface area contributed by atoms with Crippen molar-refractivity contribution in [1.29, 1.82) is 0 Å². The molecule has 1 unspecified atom stereocenters. The molecule has 31 heavy (non-hydrogen) atoms. The first-order valence-corrected chi connectivity index (χ1v) is 10.1. The van der Waals surface area contributed by atoms with Gasteiger partial charge in [0, 0.05) is 24.0 Å². The van der Waals surface area contributed by atoms with Crippen LogP contribution in [0.15, 0.2) is 41.8 Å². The van der Waals surface area contributed by atoms with Crippen molar-refractivity contribution in [1.82, 2.24) is 14.9 Å². The van der Waals surface area contributed by atoms with Gasteiger partial charge in [-0.05, 0) is 43.4 Å². The Kier molecular flexibility index (Phi) is 6.48. The van der Waals surface area contributed by atoms with Gasteiger partial charge in [-0.3, -0.25) is 9.59 Å². The van der Waals surface area contributed by atoms with Crippen LogP contribution in [0.5, 0.6) is 5.75 Å². The van der Waals surface area contributed by atoms with Crippen LogP contribution in [0.3, 0.4) is 0 Å². The number of rotatable bonds is 8. The molecule has 0 bridgehead atoms. The lowest BCUT2D eigenvalue weighted by Crippen LogP contribution is -2.51. The van der Waals surface area contributed by atoms with Gasteiger partial charge in [0.25, 0.3) is 5.91 Å². The molecule has 1 heterocycles. The third-order valence-electron chi connectivity index (χ3n) is 4.37. The van der Waals surface area contributed by atoms with E-state index in [0.717, 1.165) is 29.2 Å². The van der Waals surface area contributed by atoms with Crippen molar-refractivity contribution in [3.05, 3.63) is 47.8 Å². The summed E-state index contributed by atoms with van der Waals surface area (Å²) in [6.45, 7) is 0. The summed E-state index contributed by atoms with van der Waals surface area (Å²) >= 11 is 1.24. The van der Waals surface area contributed by atoms with E-state index >= 15 is 0 Å². The fourth-order valence-electron chi connectivity index (χ4n) is 2.86. The van der Waals surface area contributed by atoms with Crippen LogP contribution in [0.2, 0.25) is 0 Å². The summed E-state index contributed by atoms with van der Waals surface area (Å²) < 4.78 is 40.7. The van der Waals surface area contributed by atoms with E-state index in [9.17, 15) is 32.7 Å². The molecule has 8 nitrogen and oxygen atoms in total. The lowest BCUT2D eigenvalue weighted by Gasteiger charge is -2.28. The van der Waals surface area contributed by atoms with Gasteiger partial charge in [-0.2, -0.15) is 0 Å². The molecule has 0 radical (unpaired) electrons. The summed E-state index contributed by atoms with van der Waals surface area (Å²) in [4.78, 5) is 46.7. The number of carbonyl (C=O) groups is 3. The van der Waals surface area contributed by atoms with Gasteiger partial charge in [0.05, 0.1) is 5.56 Å². The SMILES string of the molecule is CSc1ncc(C(=O)C(C(=O)O)N(C(=O)c2ccc(OC(F)(F)F)cc2)C2CC2)cn1. The number of aromatic nitrogens is 2. The second-order valence-corrected chi connectivity index (χ2v) is 7.35. The molecule has 1 aliphatic carbocycles. The van der Waals surface area contributed by atoms with Crippen molar-refractivity contribution in [2.24, 2.45) is 0 Å². The van der Waals surface area contributed by atoms with Crippen LogP contribution in [0, 0.1) is 0 Å². The number of hydrogen-bond acceptors (Lipinski definition) is 7. The second kappa shape index (κ2) is 8.92. The molecule has 1 saturated carbocycles. The predicted molar refractivity (Wildman–Crippen MR) is 102 cm³/mol. The molecular formula is C19H16F3N3O5S. The average molecular weight is 455 g/mol. The van der Waals surface area contributed by atoms with Crippen molar-refractivity contribution in [2.75, 3.05) is 6.26 Å². The van der Waals surface area contributed by atoms with E-state index in [1.165, 1.54) is 24.2 Å². The number of benzene rings is 1. The molecule has 1 aromatic heterocycles. The Bertz CT molecular complexity index is 979. The first kappa shape index (κ1) is 22.5. The third kappa shape index (κ3) is 5.51. The Morgan fingerprint density at radius 3 is 2.16 bits per heavy atom. The topological polar surface area (TPSA) is 110 Å². The Balaban J connectivity index is 1.88. The molecule has 1 amide bonds. The molecule has 0 saturated heterocycles. The molecule has 2 aromatic rings. The zero-order valence-corrected chi connectivity index (χ0v) is 16.8. The molecule has 12 heteroatoms. The molecule has 0 aliphatic heterocycles. The van der Waals surface area contributed by atoms with Crippen molar-refractivity contribution in [3.63, 3.8) is 0 Å². The molecule has 1 atom stereocenters. The van der Waals surface area contributed by atoms with Crippen LogP contribution in [0.1, 0.15) is 33.6 Å². The number of ketones is 1. The fourth-order valence-corrected chi connectivity index (χ4v) is 3.18. The van der Waals surface area contributed by atoms with Gasteiger partial charge in [0.2, 0.25) is 0 Å². The van der Waals surface area contributed by atoms with E-state index in [1.54, 1.807) is 6.26 Å². The maximum atomic E-state index is 13.0. The minimum atomic E-state index is -4.89. The lowest BCUT2D eigenvalue weighted by atomic mass is 10.0. The van der Waals surface area contributed by atoms with Gasteiger partial charge in [-0.1, -0.05) is 11.8 Å². The van der Waals surface area contributed by atoms with Crippen LogP contribution < -0.4 is 4.74 Å². The number of carboxylic acid groups (broad SMARTS) is 1. The van der Waals surface area contributed by atoms with E-state index in [4.69, 9.17) is 0 Å². The van der Waals surface area contributed by atoms with Gasteiger partial charge in [-0.15, -0.1) is 13.2 Å². The largest absolute Gasteiger partial charge is 0.573 e. The number of Topliss-reactive ketones (excluding diaryl/α,β-unsaturated/α-hetero) is 1. The molecular weight excluding hydrogens is 439 g/mol. The summed E-state index contributed by atoms with van der Waals surface area (Å²) in [5.74, 6) is -3.71. The number of alkyl halides is 3. The molecule has 0 spiro atoms. The number of thioether (sulfide) groups is 1. The summed E-state index contributed by atoms with van der Waals surface area (Å²) in [5, 5.41) is 10.1. The predicted octanol–water partition coefficient (Wildman–Crippen LogP) is 3.04. The van der Waals surface area contributed by atoms with Crippen LogP contribution in [-0.2, 0) is 4.79 Å². The minimum absolute atomic E-state index is 0.0717. The second-order valence-electron chi connectivity index (χ2n) is 6.58.